The fraction of sp³-hybridized carbons (Fsp3) is 0.214. The number of rotatable bonds is 2. The molecule has 0 spiro atoms. The Kier molecular flexibility index (Phi) is 2.98. The summed E-state index contributed by atoms with van der Waals surface area (Å²) in [4.78, 5) is 39.1. The molecule has 1 aliphatic rings. The molecule has 6 heteroatoms. The molecule has 0 saturated carbocycles. The Balaban J connectivity index is 1.79. The van der Waals surface area contributed by atoms with Crippen LogP contribution in [0.2, 0.25) is 0 Å². The second kappa shape index (κ2) is 4.80. The lowest BCUT2D eigenvalue weighted by Crippen LogP contribution is -2.53. The van der Waals surface area contributed by atoms with E-state index in [1.807, 2.05) is 24.3 Å². The van der Waals surface area contributed by atoms with Gasteiger partial charge in [0.15, 0.2) is 0 Å². The van der Waals surface area contributed by atoms with E-state index in [0.717, 1.165) is 16.5 Å². The second-order valence-corrected chi connectivity index (χ2v) is 4.76. The van der Waals surface area contributed by atoms with Gasteiger partial charge in [-0.15, -0.1) is 0 Å². The van der Waals surface area contributed by atoms with E-state index in [4.69, 9.17) is 0 Å². The Morgan fingerprint density at radius 1 is 1.15 bits per heavy atom. The van der Waals surface area contributed by atoms with E-state index in [1.54, 1.807) is 6.20 Å². The van der Waals surface area contributed by atoms with Gasteiger partial charge in [0, 0.05) is 17.1 Å². The molecule has 3 rings (SSSR count). The minimum absolute atomic E-state index is 0.0626. The lowest BCUT2D eigenvalue weighted by Gasteiger charge is -2.25. The Morgan fingerprint density at radius 3 is 2.60 bits per heavy atom. The van der Waals surface area contributed by atoms with E-state index in [9.17, 15) is 14.4 Å². The zero-order chi connectivity index (χ0) is 14.1. The highest BCUT2D eigenvalue weighted by molar-refractivity contribution is 6.03. The van der Waals surface area contributed by atoms with Crippen molar-refractivity contribution in [2.24, 2.45) is 0 Å². The topological polar surface area (TPSA) is 82.3 Å². The Bertz CT molecular complexity index is 689. The molecule has 3 amide bonds. The Morgan fingerprint density at radius 2 is 1.85 bits per heavy atom. The minimum atomic E-state index is -0.437. The van der Waals surface area contributed by atoms with Crippen molar-refractivity contribution < 1.29 is 14.4 Å². The number of amides is 3. The Labute approximate surface area is 114 Å². The van der Waals surface area contributed by atoms with Gasteiger partial charge in [-0.1, -0.05) is 18.2 Å². The molecular formula is C14H13N3O3. The number of aromatic amines is 1. The maximum absolute atomic E-state index is 12.2. The average Bonchev–Trinajstić information content (AvgIpc) is 2.81. The Hall–Kier alpha value is -2.63. The van der Waals surface area contributed by atoms with E-state index >= 15 is 0 Å². The summed E-state index contributed by atoms with van der Waals surface area (Å²) in [6, 6.07) is 7.68. The third-order valence-electron chi connectivity index (χ3n) is 3.32. The van der Waals surface area contributed by atoms with Crippen LogP contribution in [0.25, 0.3) is 10.9 Å². The van der Waals surface area contributed by atoms with Crippen LogP contribution in [0.3, 0.4) is 0 Å². The van der Waals surface area contributed by atoms with E-state index in [-0.39, 0.29) is 25.4 Å². The van der Waals surface area contributed by atoms with Gasteiger partial charge in [0.1, 0.15) is 13.1 Å². The lowest BCUT2D eigenvalue weighted by molar-refractivity contribution is -0.145. The second-order valence-electron chi connectivity index (χ2n) is 4.76. The molecule has 1 aromatic carbocycles. The molecule has 0 atom stereocenters. The monoisotopic (exact) mass is 271 g/mol. The zero-order valence-electron chi connectivity index (χ0n) is 10.7. The van der Waals surface area contributed by atoms with Crippen molar-refractivity contribution >= 4 is 28.6 Å². The maximum Gasteiger partial charge on any atom is 0.246 e. The van der Waals surface area contributed by atoms with Crippen LogP contribution in [0.4, 0.5) is 0 Å². The number of hydrogen-bond donors (Lipinski definition) is 2. The van der Waals surface area contributed by atoms with E-state index in [1.165, 1.54) is 4.90 Å². The van der Waals surface area contributed by atoms with Crippen molar-refractivity contribution in [2.45, 2.75) is 6.42 Å². The van der Waals surface area contributed by atoms with Crippen LogP contribution in [0, 0.1) is 0 Å². The number of piperazine rings is 1. The van der Waals surface area contributed by atoms with Gasteiger partial charge in [-0.2, -0.15) is 0 Å². The molecule has 1 aromatic heterocycles. The fourth-order valence-electron chi connectivity index (χ4n) is 2.37. The number of imide groups is 1. The normalized spacial score (nSPS) is 15.5. The van der Waals surface area contributed by atoms with Gasteiger partial charge in [0.05, 0.1) is 6.42 Å². The van der Waals surface area contributed by atoms with Crippen LogP contribution in [0.15, 0.2) is 30.5 Å². The van der Waals surface area contributed by atoms with Gasteiger partial charge < -0.3 is 9.88 Å². The van der Waals surface area contributed by atoms with Gasteiger partial charge in [0.25, 0.3) is 0 Å². The van der Waals surface area contributed by atoms with E-state index in [2.05, 4.69) is 10.3 Å². The summed E-state index contributed by atoms with van der Waals surface area (Å²) in [5, 5.41) is 3.15. The molecule has 102 valence electrons. The molecule has 0 unspecified atom stereocenters. The summed E-state index contributed by atoms with van der Waals surface area (Å²) in [5.41, 5.74) is 1.83. The minimum Gasteiger partial charge on any atom is -0.361 e. The van der Waals surface area contributed by atoms with Gasteiger partial charge in [-0.05, 0) is 11.6 Å². The van der Waals surface area contributed by atoms with Gasteiger partial charge in [0.2, 0.25) is 17.7 Å². The van der Waals surface area contributed by atoms with Crippen molar-refractivity contribution in [3.63, 3.8) is 0 Å². The van der Waals surface area contributed by atoms with Crippen LogP contribution in [-0.2, 0) is 20.8 Å². The molecule has 6 nitrogen and oxygen atoms in total. The third-order valence-corrected chi connectivity index (χ3v) is 3.32. The summed E-state index contributed by atoms with van der Waals surface area (Å²) in [6.45, 7) is -0.125. The van der Waals surface area contributed by atoms with Crippen molar-refractivity contribution in [2.75, 3.05) is 13.1 Å². The molecule has 20 heavy (non-hydrogen) atoms. The van der Waals surface area contributed by atoms with Crippen LogP contribution < -0.4 is 5.32 Å². The quantitative estimate of drug-likeness (QED) is 0.765. The van der Waals surface area contributed by atoms with E-state index in [0.29, 0.717) is 0 Å². The molecule has 2 aromatic rings. The fourth-order valence-corrected chi connectivity index (χ4v) is 2.37. The van der Waals surface area contributed by atoms with Gasteiger partial charge >= 0.3 is 0 Å². The standard InChI is InChI=1S/C14H13N3O3/c18-12-7-17(8-13(19)16-12)14(20)5-9-6-15-11-4-2-1-3-10(9)11/h1-4,6,15H,5,7-8H2,(H,16,18,19). The number of hydrogen-bond acceptors (Lipinski definition) is 3. The highest BCUT2D eigenvalue weighted by atomic mass is 16.2. The van der Waals surface area contributed by atoms with Crippen molar-refractivity contribution in [3.05, 3.63) is 36.0 Å². The zero-order valence-corrected chi connectivity index (χ0v) is 10.7. The number of carbonyl (C=O) groups is 3. The van der Waals surface area contributed by atoms with Crippen LogP contribution in [-0.4, -0.2) is 40.7 Å². The molecule has 0 radical (unpaired) electrons. The molecule has 0 bridgehead atoms. The summed E-state index contributed by atoms with van der Waals surface area (Å²) in [7, 11) is 0. The maximum atomic E-state index is 12.2. The number of H-pyrrole nitrogens is 1. The highest BCUT2D eigenvalue weighted by Gasteiger charge is 2.26. The van der Waals surface area contributed by atoms with Crippen LogP contribution in [0.5, 0.6) is 0 Å². The summed E-state index contributed by atoms with van der Waals surface area (Å²) >= 11 is 0. The molecular weight excluding hydrogens is 258 g/mol. The first-order valence-corrected chi connectivity index (χ1v) is 6.29. The predicted octanol–water partition coefficient (Wildman–Crippen LogP) is 0.195. The number of aromatic nitrogens is 1. The predicted molar refractivity (Wildman–Crippen MR) is 71.7 cm³/mol. The molecule has 2 N–H and O–H groups in total. The average molecular weight is 271 g/mol. The summed E-state index contributed by atoms with van der Waals surface area (Å²) < 4.78 is 0. The van der Waals surface area contributed by atoms with E-state index < -0.39 is 11.8 Å². The molecule has 1 saturated heterocycles. The van der Waals surface area contributed by atoms with Gasteiger partial charge in [-0.25, -0.2) is 0 Å². The van der Waals surface area contributed by atoms with Crippen molar-refractivity contribution in [3.8, 4) is 0 Å². The van der Waals surface area contributed by atoms with Crippen LogP contribution in [0.1, 0.15) is 5.56 Å². The molecule has 0 aliphatic carbocycles. The number of fused-ring (bicyclic) bond motifs is 1. The van der Waals surface area contributed by atoms with Gasteiger partial charge in [-0.3, -0.25) is 19.7 Å². The lowest BCUT2D eigenvalue weighted by atomic mass is 10.1. The molecule has 1 aliphatic heterocycles. The number of nitrogens with zero attached hydrogens (tertiary/aromatic N) is 1. The largest absolute Gasteiger partial charge is 0.361 e. The third kappa shape index (κ3) is 2.27. The first-order chi connectivity index (χ1) is 9.63. The van der Waals surface area contributed by atoms with Crippen molar-refractivity contribution in [1.29, 1.82) is 0 Å². The highest BCUT2D eigenvalue weighted by Crippen LogP contribution is 2.18. The number of benzene rings is 1. The van der Waals surface area contributed by atoms with Crippen LogP contribution >= 0.6 is 0 Å². The molecule has 1 fully saturated rings. The summed E-state index contributed by atoms with van der Waals surface area (Å²) in [6.07, 6.45) is 1.96. The first kappa shape index (κ1) is 12.4. The number of carbonyl (C=O) groups excluding carboxylic acids is 3. The van der Waals surface area contributed by atoms with Crippen molar-refractivity contribution in [1.82, 2.24) is 15.2 Å². The molecule has 2 heterocycles. The smallest absolute Gasteiger partial charge is 0.246 e. The number of nitrogens with one attached hydrogen (secondary N) is 2. The first-order valence-electron chi connectivity index (χ1n) is 6.29. The summed E-state index contributed by atoms with van der Waals surface area (Å²) in [5.74, 6) is -1.10. The SMILES string of the molecule is O=C1CN(C(=O)Cc2c[nH]c3ccccc23)CC(=O)N1. The number of para-hydroxylation sites is 1.